The molecule has 0 unspecified atom stereocenters. The molecule has 2 heterocycles. The number of nitrogens with one attached hydrogen (secondary N) is 2. The summed E-state index contributed by atoms with van der Waals surface area (Å²) in [5.41, 5.74) is 0. The summed E-state index contributed by atoms with van der Waals surface area (Å²) in [5, 5.41) is 56.3. The van der Waals surface area contributed by atoms with Gasteiger partial charge in [-0.2, -0.15) is 0 Å². The van der Waals surface area contributed by atoms with Crippen LogP contribution in [-0.4, -0.2) is 104 Å². The lowest BCUT2D eigenvalue weighted by atomic mass is 10.1. The van der Waals surface area contributed by atoms with Crippen molar-refractivity contribution in [2.45, 2.75) is 43.0 Å². The van der Waals surface area contributed by atoms with Crippen molar-refractivity contribution >= 4 is 30.0 Å². The molecule has 0 aromatic heterocycles. The molecule has 0 aromatic carbocycles. The van der Waals surface area contributed by atoms with Crippen molar-refractivity contribution in [3.8, 4) is 0 Å². The SMILES string of the molecule is N=C1[C@@H](C(=O)N[C@@H](CC(=O)O)C(=O)O)N=CN1[C@@H]1O[C@H](CO)[C@@H](O)[C@H]1O. The lowest BCUT2D eigenvalue weighted by Gasteiger charge is -2.26. The fraction of sp³-hybridized carbons (Fsp3) is 0.615. The minimum atomic E-state index is -1.70. The van der Waals surface area contributed by atoms with Crippen molar-refractivity contribution in [3.63, 3.8) is 0 Å². The fourth-order valence-electron chi connectivity index (χ4n) is 2.54. The van der Waals surface area contributed by atoms with E-state index in [9.17, 15) is 24.6 Å². The topological polar surface area (TPSA) is 213 Å². The van der Waals surface area contributed by atoms with Crippen molar-refractivity contribution in [3.05, 3.63) is 0 Å². The second-order valence-corrected chi connectivity index (χ2v) is 5.69. The zero-order chi connectivity index (χ0) is 19.6. The maximum Gasteiger partial charge on any atom is 0.326 e. The van der Waals surface area contributed by atoms with E-state index in [0.717, 1.165) is 11.2 Å². The van der Waals surface area contributed by atoms with Crippen molar-refractivity contribution in [2.24, 2.45) is 4.99 Å². The highest BCUT2D eigenvalue weighted by molar-refractivity contribution is 6.13. The number of carbonyl (C=O) groups excluding carboxylic acids is 1. The maximum absolute atomic E-state index is 12.1. The van der Waals surface area contributed by atoms with Crippen LogP contribution in [0.4, 0.5) is 0 Å². The number of aliphatic hydroxyl groups excluding tert-OH is 3. The van der Waals surface area contributed by atoms with E-state index in [-0.39, 0.29) is 0 Å². The zero-order valence-electron chi connectivity index (χ0n) is 13.2. The Morgan fingerprint density at radius 3 is 2.46 bits per heavy atom. The van der Waals surface area contributed by atoms with Crippen LogP contribution in [0, 0.1) is 5.41 Å². The molecule has 0 spiro atoms. The van der Waals surface area contributed by atoms with E-state index >= 15 is 0 Å². The van der Waals surface area contributed by atoms with Gasteiger partial charge in [0.25, 0.3) is 5.91 Å². The predicted molar refractivity (Wildman–Crippen MR) is 81.4 cm³/mol. The van der Waals surface area contributed by atoms with Crippen molar-refractivity contribution in [1.29, 1.82) is 5.41 Å². The summed E-state index contributed by atoms with van der Waals surface area (Å²) in [4.78, 5) is 38.5. The molecule has 2 aliphatic heterocycles. The molecule has 0 bridgehead atoms. The predicted octanol–water partition coefficient (Wildman–Crippen LogP) is -3.84. The third-order valence-corrected chi connectivity index (χ3v) is 3.91. The number of rotatable bonds is 7. The van der Waals surface area contributed by atoms with E-state index < -0.39 is 73.3 Å². The number of aliphatic carboxylic acids is 2. The van der Waals surface area contributed by atoms with E-state index in [4.69, 9.17) is 25.5 Å². The van der Waals surface area contributed by atoms with Crippen LogP contribution < -0.4 is 5.32 Å². The first-order chi connectivity index (χ1) is 12.2. The number of ether oxygens (including phenoxy) is 1. The monoisotopic (exact) mass is 374 g/mol. The van der Waals surface area contributed by atoms with Gasteiger partial charge in [0.05, 0.1) is 19.4 Å². The van der Waals surface area contributed by atoms with Gasteiger partial charge < -0.3 is 35.6 Å². The van der Waals surface area contributed by atoms with Crippen LogP contribution >= 0.6 is 0 Å². The van der Waals surface area contributed by atoms with E-state index in [1.807, 2.05) is 5.32 Å². The largest absolute Gasteiger partial charge is 0.481 e. The van der Waals surface area contributed by atoms with Crippen molar-refractivity contribution < 1.29 is 44.7 Å². The summed E-state index contributed by atoms with van der Waals surface area (Å²) in [6.45, 7) is -0.577. The Morgan fingerprint density at radius 1 is 1.31 bits per heavy atom. The summed E-state index contributed by atoms with van der Waals surface area (Å²) in [6.07, 6.45) is -5.12. The molecule has 1 saturated heterocycles. The Balaban J connectivity index is 2.04. The molecule has 0 aromatic rings. The zero-order valence-corrected chi connectivity index (χ0v) is 13.2. The number of amidine groups is 1. The van der Waals surface area contributed by atoms with Crippen LogP contribution in [0.3, 0.4) is 0 Å². The van der Waals surface area contributed by atoms with E-state index in [1.54, 1.807) is 0 Å². The highest BCUT2D eigenvalue weighted by Gasteiger charge is 2.48. The van der Waals surface area contributed by atoms with E-state index in [0.29, 0.717) is 0 Å². The molecule has 13 nitrogen and oxygen atoms in total. The van der Waals surface area contributed by atoms with Gasteiger partial charge in [-0.05, 0) is 0 Å². The molecule has 2 aliphatic rings. The fourth-order valence-corrected chi connectivity index (χ4v) is 2.54. The molecular weight excluding hydrogens is 356 g/mol. The maximum atomic E-state index is 12.1. The van der Waals surface area contributed by atoms with Crippen molar-refractivity contribution in [1.82, 2.24) is 10.2 Å². The third kappa shape index (κ3) is 3.80. The lowest BCUT2D eigenvalue weighted by Crippen LogP contribution is -2.51. The van der Waals surface area contributed by atoms with Crippen molar-refractivity contribution in [2.75, 3.05) is 6.61 Å². The van der Waals surface area contributed by atoms with E-state index in [2.05, 4.69) is 4.99 Å². The summed E-state index contributed by atoms with van der Waals surface area (Å²) in [7, 11) is 0. The second-order valence-electron chi connectivity index (χ2n) is 5.69. The first kappa shape index (κ1) is 19.7. The van der Waals surface area contributed by atoms with E-state index in [1.165, 1.54) is 0 Å². The molecule has 1 amide bonds. The number of aliphatic hydroxyl groups is 3. The number of aliphatic imine (C=N–C) groups is 1. The Hall–Kier alpha value is -2.61. The first-order valence-electron chi connectivity index (χ1n) is 7.44. The van der Waals surface area contributed by atoms with Gasteiger partial charge in [0.2, 0.25) is 0 Å². The summed E-state index contributed by atoms with van der Waals surface area (Å²) >= 11 is 0. The number of amides is 1. The molecule has 6 atom stereocenters. The highest BCUT2D eigenvalue weighted by atomic mass is 16.6. The van der Waals surface area contributed by atoms with Gasteiger partial charge in [0.15, 0.2) is 12.3 Å². The van der Waals surface area contributed by atoms with Gasteiger partial charge >= 0.3 is 11.9 Å². The summed E-state index contributed by atoms with van der Waals surface area (Å²) < 4.78 is 5.23. The number of nitrogens with zero attached hydrogens (tertiary/aromatic N) is 2. The van der Waals surface area contributed by atoms with Crippen LogP contribution in [0.25, 0.3) is 0 Å². The van der Waals surface area contributed by atoms with Crippen LogP contribution in [-0.2, 0) is 19.1 Å². The molecule has 1 fully saturated rings. The Bertz CT molecular complexity index is 639. The number of carboxylic acid groups (broad SMARTS) is 2. The first-order valence-corrected chi connectivity index (χ1v) is 7.44. The minimum Gasteiger partial charge on any atom is -0.481 e. The Labute approximate surface area is 146 Å². The third-order valence-electron chi connectivity index (χ3n) is 3.91. The average molecular weight is 374 g/mol. The van der Waals surface area contributed by atoms with Gasteiger partial charge in [-0.25, -0.2) is 4.79 Å². The van der Waals surface area contributed by atoms with Gasteiger partial charge in [-0.1, -0.05) is 0 Å². The van der Waals surface area contributed by atoms with Crippen LogP contribution in [0.2, 0.25) is 0 Å². The number of carbonyl (C=O) groups is 3. The Morgan fingerprint density at radius 2 is 1.96 bits per heavy atom. The van der Waals surface area contributed by atoms with Gasteiger partial charge in [-0.15, -0.1) is 0 Å². The molecule has 2 rings (SSSR count). The summed E-state index contributed by atoms with van der Waals surface area (Å²) in [5.74, 6) is -4.49. The van der Waals surface area contributed by atoms with Crippen LogP contribution in [0.5, 0.6) is 0 Å². The molecule has 26 heavy (non-hydrogen) atoms. The Kier molecular flexibility index (Phi) is 5.86. The molecular formula is C13H18N4O9. The van der Waals surface area contributed by atoms with Gasteiger partial charge in [-0.3, -0.25) is 24.9 Å². The highest BCUT2D eigenvalue weighted by Crippen LogP contribution is 2.25. The quantitative estimate of drug-likeness (QED) is 0.230. The summed E-state index contributed by atoms with van der Waals surface area (Å²) in [6, 6.07) is -3.18. The second kappa shape index (κ2) is 7.74. The number of hydrogen-bond acceptors (Lipinski definition) is 9. The number of hydrogen-bond donors (Lipinski definition) is 7. The lowest BCUT2D eigenvalue weighted by molar-refractivity contribution is -0.147. The molecule has 0 saturated carbocycles. The molecule has 7 N–H and O–H groups in total. The van der Waals surface area contributed by atoms with Gasteiger partial charge in [0, 0.05) is 0 Å². The molecule has 144 valence electrons. The average Bonchev–Trinajstić information content (AvgIpc) is 3.07. The smallest absolute Gasteiger partial charge is 0.326 e. The van der Waals surface area contributed by atoms with Crippen LogP contribution in [0.15, 0.2) is 4.99 Å². The van der Waals surface area contributed by atoms with Gasteiger partial charge in [0.1, 0.15) is 30.2 Å². The molecule has 0 aliphatic carbocycles. The molecule has 13 heteroatoms. The van der Waals surface area contributed by atoms with Crippen LogP contribution in [0.1, 0.15) is 6.42 Å². The molecule has 0 radical (unpaired) electrons. The minimum absolute atomic E-state index is 0.475. The normalized spacial score (nSPS) is 31.9. The number of carboxylic acids is 2. The standard InChI is InChI=1S/C13H18N4O9/c14-10-7(11(23)16-4(13(24)25)1-6(19)20)15-3-17(10)12-9(22)8(21)5(2-18)26-12/h3-5,7-9,12,14,18,21-22H,1-2H2,(H,16,23)(H,19,20)(H,24,25)/t4-,5+,7-,8+,9+,12+/m0/s1.